The van der Waals surface area contributed by atoms with Crippen LogP contribution in [0.1, 0.15) is 35.3 Å². The molecule has 1 aromatic carbocycles. The number of nitrogens with zero attached hydrogens (tertiary/aromatic N) is 6. The van der Waals surface area contributed by atoms with E-state index in [0.717, 1.165) is 49.7 Å². The molecule has 0 bridgehead atoms. The Morgan fingerprint density at radius 2 is 1.94 bits per heavy atom. The second-order valence-electron chi connectivity index (χ2n) is 8.35. The van der Waals surface area contributed by atoms with E-state index in [1.165, 1.54) is 11.1 Å². The lowest BCUT2D eigenvalue weighted by Crippen LogP contribution is -2.52. The summed E-state index contributed by atoms with van der Waals surface area (Å²) in [5.74, 6) is 2.15. The summed E-state index contributed by atoms with van der Waals surface area (Å²) >= 11 is 0. The van der Waals surface area contributed by atoms with Crippen molar-refractivity contribution in [1.82, 2.24) is 29.5 Å². The van der Waals surface area contributed by atoms with E-state index >= 15 is 0 Å². The fourth-order valence-corrected chi connectivity index (χ4v) is 4.78. The quantitative estimate of drug-likeness (QED) is 0.652. The maximum atomic E-state index is 13.6. The maximum absolute atomic E-state index is 13.6. The minimum atomic E-state index is -0.0849. The fourth-order valence-electron chi connectivity index (χ4n) is 4.78. The molecule has 3 aromatic rings. The zero-order valence-electron chi connectivity index (χ0n) is 17.9. The van der Waals surface area contributed by atoms with E-state index in [2.05, 4.69) is 61.9 Å². The lowest BCUT2D eigenvalue weighted by atomic mass is 9.93. The van der Waals surface area contributed by atoms with Crippen LogP contribution in [0.2, 0.25) is 0 Å². The molecule has 0 fully saturated rings. The lowest BCUT2D eigenvalue weighted by molar-refractivity contribution is -0.137. The smallest absolute Gasteiger partial charge is 0.240 e. The Labute approximate surface area is 182 Å². The minimum Gasteiger partial charge on any atom is -0.339 e. The highest BCUT2D eigenvalue weighted by Gasteiger charge is 2.34. The molecule has 7 nitrogen and oxygen atoms in total. The van der Waals surface area contributed by atoms with Gasteiger partial charge in [-0.2, -0.15) is 0 Å². The lowest BCUT2D eigenvalue weighted by Gasteiger charge is -2.37. The Hall–Kier alpha value is -3.06. The van der Waals surface area contributed by atoms with Crippen LogP contribution in [-0.4, -0.2) is 61.1 Å². The van der Waals surface area contributed by atoms with Crippen LogP contribution < -0.4 is 0 Å². The Morgan fingerprint density at radius 3 is 2.74 bits per heavy atom. The second kappa shape index (κ2) is 8.59. The van der Waals surface area contributed by atoms with Crippen molar-refractivity contribution in [3.63, 3.8) is 0 Å². The van der Waals surface area contributed by atoms with Gasteiger partial charge in [0.15, 0.2) is 0 Å². The van der Waals surface area contributed by atoms with Crippen molar-refractivity contribution in [3.8, 4) is 0 Å². The molecular weight excluding hydrogens is 388 g/mol. The Morgan fingerprint density at radius 1 is 1.06 bits per heavy atom. The molecule has 1 unspecified atom stereocenters. The molecule has 0 saturated carbocycles. The molecule has 2 aromatic heterocycles. The van der Waals surface area contributed by atoms with Crippen LogP contribution in [0.25, 0.3) is 0 Å². The van der Waals surface area contributed by atoms with Gasteiger partial charge in [-0.25, -0.2) is 0 Å². The molecule has 0 spiro atoms. The number of pyridine rings is 1. The van der Waals surface area contributed by atoms with Gasteiger partial charge in [0.1, 0.15) is 11.6 Å². The first kappa shape index (κ1) is 19.9. The highest BCUT2D eigenvalue weighted by molar-refractivity contribution is 5.82. The van der Waals surface area contributed by atoms with E-state index in [4.69, 9.17) is 0 Å². The molecule has 2 aliphatic heterocycles. The number of aromatic nitrogens is 4. The van der Waals surface area contributed by atoms with Gasteiger partial charge in [-0.1, -0.05) is 37.3 Å². The molecule has 7 heteroatoms. The Kier molecular flexibility index (Phi) is 5.51. The molecule has 2 aliphatic rings. The molecule has 160 valence electrons. The molecule has 31 heavy (non-hydrogen) atoms. The Balaban J connectivity index is 1.30. The molecule has 0 saturated heterocycles. The summed E-state index contributed by atoms with van der Waals surface area (Å²) < 4.78 is 2.19. The summed E-state index contributed by atoms with van der Waals surface area (Å²) in [6, 6.07) is 12.4. The number of carbonyl (C=O) groups excluding carboxylic acids is 1. The first-order chi connectivity index (χ1) is 15.2. The van der Waals surface area contributed by atoms with E-state index in [1.54, 1.807) is 6.20 Å². The third kappa shape index (κ3) is 3.97. The van der Waals surface area contributed by atoms with Gasteiger partial charge in [0, 0.05) is 51.4 Å². The molecule has 0 radical (unpaired) electrons. The van der Waals surface area contributed by atoms with Crippen LogP contribution in [0.5, 0.6) is 0 Å². The largest absolute Gasteiger partial charge is 0.339 e. The van der Waals surface area contributed by atoms with Crippen molar-refractivity contribution in [2.45, 2.75) is 45.3 Å². The molecule has 5 rings (SSSR count). The first-order valence-electron chi connectivity index (χ1n) is 11.1. The van der Waals surface area contributed by atoms with E-state index in [9.17, 15) is 4.79 Å². The SMILES string of the molecule is CCN1Cc2ccccc2CC1C(=O)N1CCc2nnc(Cc3cccnc3)n2CC1. The van der Waals surface area contributed by atoms with Crippen molar-refractivity contribution in [2.24, 2.45) is 0 Å². The van der Waals surface area contributed by atoms with Crippen LogP contribution in [0.15, 0.2) is 48.8 Å². The minimum absolute atomic E-state index is 0.0849. The number of rotatable bonds is 4. The Bertz CT molecular complexity index is 1060. The number of hydrogen-bond acceptors (Lipinski definition) is 5. The number of amides is 1. The molecule has 0 N–H and O–H groups in total. The van der Waals surface area contributed by atoms with Crippen LogP contribution in [0.3, 0.4) is 0 Å². The predicted octanol–water partition coefficient (Wildman–Crippen LogP) is 2.10. The van der Waals surface area contributed by atoms with Gasteiger partial charge in [0.2, 0.25) is 5.91 Å². The van der Waals surface area contributed by atoms with E-state index < -0.39 is 0 Å². The van der Waals surface area contributed by atoms with Crippen molar-refractivity contribution in [3.05, 3.63) is 77.1 Å². The van der Waals surface area contributed by atoms with Gasteiger partial charge < -0.3 is 9.47 Å². The average molecular weight is 417 g/mol. The normalized spacial score (nSPS) is 18.9. The van der Waals surface area contributed by atoms with Crippen LogP contribution >= 0.6 is 0 Å². The predicted molar refractivity (Wildman–Crippen MR) is 117 cm³/mol. The monoisotopic (exact) mass is 416 g/mol. The zero-order valence-corrected chi connectivity index (χ0v) is 17.9. The number of benzene rings is 1. The maximum Gasteiger partial charge on any atom is 0.240 e. The summed E-state index contributed by atoms with van der Waals surface area (Å²) in [6.45, 7) is 5.98. The molecule has 4 heterocycles. The summed E-state index contributed by atoms with van der Waals surface area (Å²) in [7, 11) is 0. The standard InChI is InChI=1S/C24H28N6O/c1-2-28-17-20-8-4-3-7-19(20)15-21(28)24(31)29-11-9-22-26-27-23(30(22)13-12-29)14-18-6-5-10-25-16-18/h3-8,10,16,21H,2,9,11-15,17H2,1H3. The van der Waals surface area contributed by atoms with Crippen LogP contribution in [0.4, 0.5) is 0 Å². The third-order valence-corrected chi connectivity index (χ3v) is 6.54. The topological polar surface area (TPSA) is 67.2 Å². The number of likely N-dealkylation sites (N-methyl/N-ethyl adjacent to an activating group) is 1. The van der Waals surface area contributed by atoms with Gasteiger partial charge in [0.25, 0.3) is 0 Å². The van der Waals surface area contributed by atoms with Gasteiger partial charge in [0.05, 0.1) is 6.04 Å². The summed E-state index contributed by atoms with van der Waals surface area (Å²) in [6.07, 6.45) is 5.88. The average Bonchev–Trinajstić information content (AvgIpc) is 3.06. The van der Waals surface area contributed by atoms with Crippen molar-refractivity contribution in [1.29, 1.82) is 0 Å². The number of carbonyl (C=O) groups is 1. The van der Waals surface area contributed by atoms with Gasteiger partial charge in [-0.05, 0) is 35.7 Å². The van der Waals surface area contributed by atoms with Crippen LogP contribution in [0, 0.1) is 0 Å². The van der Waals surface area contributed by atoms with E-state index in [0.29, 0.717) is 19.5 Å². The fraction of sp³-hybridized carbons (Fsp3) is 0.417. The van der Waals surface area contributed by atoms with Crippen molar-refractivity contribution < 1.29 is 4.79 Å². The van der Waals surface area contributed by atoms with Crippen molar-refractivity contribution in [2.75, 3.05) is 19.6 Å². The van der Waals surface area contributed by atoms with Crippen molar-refractivity contribution >= 4 is 5.91 Å². The second-order valence-corrected chi connectivity index (χ2v) is 8.35. The number of fused-ring (bicyclic) bond motifs is 2. The highest BCUT2D eigenvalue weighted by atomic mass is 16.2. The summed E-state index contributed by atoms with van der Waals surface area (Å²) in [5.41, 5.74) is 3.76. The third-order valence-electron chi connectivity index (χ3n) is 6.54. The first-order valence-corrected chi connectivity index (χ1v) is 11.1. The van der Waals surface area contributed by atoms with Gasteiger partial charge in [-0.3, -0.25) is 14.7 Å². The summed E-state index contributed by atoms with van der Waals surface area (Å²) in [5, 5.41) is 8.84. The van der Waals surface area contributed by atoms with Gasteiger partial charge >= 0.3 is 0 Å². The molecule has 1 amide bonds. The van der Waals surface area contributed by atoms with Gasteiger partial charge in [-0.15, -0.1) is 10.2 Å². The molecular formula is C24H28N6O. The van der Waals surface area contributed by atoms with Crippen LogP contribution in [-0.2, 0) is 37.1 Å². The number of hydrogen-bond donors (Lipinski definition) is 0. The molecule has 0 aliphatic carbocycles. The zero-order chi connectivity index (χ0) is 21.2. The highest BCUT2D eigenvalue weighted by Crippen LogP contribution is 2.25. The van der Waals surface area contributed by atoms with E-state index in [1.807, 2.05) is 17.2 Å². The molecule has 1 atom stereocenters. The van der Waals surface area contributed by atoms with E-state index in [-0.39, 0.29) is 11.9 Å². The summed E-state index contributed by atoms with van der Waals surface area (Å²) in [4.78, 5) is 22.1.